The summed E-state index contributed by atoms with van der Waals surface area (Å²) in [4.78, 5) is 0. The van der Waals surface area contributed by atoms with Gasteiger partial charge in [-0.2, -0.15) is 0 Å². The maximum Gasteiger partial charge on any atom is 0.0719 e. The highest BCUT2D eigenvalue weighted by Gasteiger charge is 2.07. The molecule has 0 fully saturated rings. The van der Waals surface area contributed by atoms with Gasteiger partial charge in [-0.15, -0.1) is 0 Å². The lowest BCUT2D eigenvalue weighted by Gasteiger charge is -2.14. The molecule has 2 aromatic rings. The zero-order chi connectivity index (χ0) is 13.6. The van der Waals surface area contributed by atoms with Crippen LogP contribution >= 0.6 is 0 Å². The second-order valence-corrected chi connectivity index (χ2v) is 5.14. The topological polar surface area (TPSA) is 18.5 Å². The van der Waals surface area contributed by atoms with Crippen LogP contribution in [0.2, 0.25) is 0 Å². The van der Waals surface area contributed by atoms with Gasteiger partial charge in [-0.05, 0) is 35.1 Å². The van der Waals surface area contributed by atoms with Crippen molar-refractivity contribution in [2.75, 3.05) is 13.2 Å². The molecule has 2 aliphatic rings. The van der Waals surface area contributed by atoms with Crippen molar-refractivity contribution in [3.05, 3.63) is 70.8 Å². The first-order chi connectivity index (χ1) is 9.93. The summed E-state index contributed by atoms with van der Waals surface area (Å²) < 4.78 is 10.6. The van der Waals surface area contributed by atoms with Crippen molar-refractivity contribution in [2.24, 2.45) is 0 Å². The third-order valence-corrected chi connectivity index (χ3v) is 3.78. The normalized spacial score (nSPS) is 16.4. The second-order valence-electron chi connectivity index (χ2n) is 5.14. The first-order valence-electron chi connectivity index (χ1n) is 7.22. The van der Waals surface area contributed by atoms with Crippen molar-refractivity contribution in [3.8, 4) is 0 Å². The van der Waals surface area contributed by atoms with Crippen molar-refractivity contribution in [2.45, 2.75) is 26.1 Å². The van der Waals surface area contributed by atoms with Crippen LogP contribution < -0.4 is 0 Å². The van der Waals surface area contributed by atoms with Gasteiger partial charge in [-0.25, -0.2) is 0 Å². The fourth-order valence-corrected chi connectivity index (χ4v) is 2.61. The van der Waals surface area contributed by atoms with Gasteiger partial charge >= 0.3 is 0 Å². The number of hydrogen-bond acceptors (Lipinski definition) is 2. The highest BCUT2D eigenvalue weighted by atomic mass is 16.5. The number of benzene rings is 2. The third kappa shape index (κ3) is 3.27. The van der Waals surface area contributed by atoms with Gasteiger partial charge < -0.3 is 9.47 Å². The highest BCUT2D eigenvalue weighted by molar-refractivity contribution is 5.28. The first-order valence-corrected chi connectivity index (χ1v) is 7.22. The molecule has 2 nitrogen and oxygen atoms in total. The van der Waals surface area contributed by atoms with Gasteiger partial charge in [0.15, 0.2) is 0 Å². The van der Waals surface area contributed by atoms with Crippen molar-refractivity contribution in [1.82, 2.24) is 0 Å². The molecule has 0 amide bonds. The molecule has 0 bridgehead atoms. The summed E-state index contributed by atoms with van der Waals surface area (Å²) in [6.07, 6.45) is 2.16. The molecule has 0 unspecified atom stereocenters. The van der Waals surface area contributed by atoms with Crippen LogP contribution in [0.5, 0.6) is 0 Å². The van der Waals surface area contributed by atoms with Gasteiger partial charge in [0.25, 0.3) is 0 Å². The fraction of sp³-hybridized carbons (Fsp3) is 0.333. The molecular weight excluding hydrogens is 248 g/mol. The van der Waals surface area contributed by atoms with Crippen LogP contribution in [0.3, 0.4) is 0 Å². The molecule has 4 rings (SSSR count). The highest BCUT2D eigenvalue weighted by Crippen LogP contribution is 2.15. The summed E-state index contributed by atoms with van der Waals surface area (Å²) >= 11 is 0. The molecule has 0 atom stereocenters. The number of hydrogen-bond donors (Lipinski definition) is 0. The Morgan fingerprint density at radius 1 is 0.550 bits per heavy atom. The van der Waals surface area contributed by atoms with E-state index in [9.17, 15) is 0 Å². The Hall–Kier alpha value is -1.64. The van der Waals surface area contributed by atoms with Gasteiger partial charge in [0.05, 0.1) is 26.4 Å². The van der Waals surface area contributed by atoms with Gasteiger partial charge in [-0.1, -0.05) is 48.5 Å². The van der Waals surface area contributed by atoms with E-state index >= 15 is 0 Å². The number of fused-ring (bicyclic) bond motifs is 2. The van der Waals surface area contributed by atoms with Crippen LogP contribution in [0.1, 0.15) is 22.3 Å². The van der Waals surface area contributed by atoms with E-state index in [1.807, 2.05) is 0 Å². The van der Waals surface area contributed by atoms with E-state index in [-0.39, 0.29) is 0 Å². The third-order valence-electron chi connectivity index (χ3n) is 3.78. The van der Waals surface area contributed by atoms with Crippen molar-refractivity contribution >= 4 is 0 Å². The summed E-state index contributed by atoms with van der Waals surface area (Å²) in [7, 11) is 0. The summed E-state index contributed by atoms with van der Waals surface area (Å²) in [6, 6.07) is 16.9. The maximum atomic E-state index is 5.30. The molecule has 0 aromatic heterocycles. The van der Waals surface area contributed by atoms with Gasteiger partial charge in [-0.3, -0.25) is 0 Å². The van der Waals surface area contributed by atoms with Gasteiger partial charge in [0, 0.05) is 0 Å². The Kier molecular flexibility index (Phi) is 4.46. The van der Waals surface area contributed by atoms with Gasteiger partial charge in [0.2, 0.25) is 0 Å². The molecule has 0 saturated carbocycles. The van der Waals surface area contributed by atoms with Crippen LogP contribution in [-0.2, 0) is 35.5 Å². The van der Waals surface area contributed by atoms with E-state index in [1.165, 1.54) is 22.3 Å². The zero-order valence-corrected chi connectivity index (χ0v) is 11.7. The molecule has 0 saturated heterocycles. The standard InChI is InChI=1S/2C9H10O/c2*1-2-4-9-7-10-6-5-8(9)3-1/h2*1-4H,5-7H2. The van der Waals surface area contributed by atoms with Crippen LogP contribution in [-0.4, -0.2) is 13.2 Å². The molecule has 20 heavy (non-hydrogen) atoms. The molecular formula is C18H20O2. The number of ether oxygens (including phenoxy) is 2. The minimum Gasteiger partial charge on any atom is -0.376 e. The summed E-state index contributed by atoms with van der Waals surface area (Å²) in [6.45, 7) is 3.38. The predicted molar refractivity (Wildman–Crippen MR) is 79.6 cm³/mol. The lowest BCUT2D eigenvalue weighted by atomic mass is 10.0. The van der Waals surface area contributed by atoms with E-state index in [4.69, 9.17) is 9.47 Å². The molecule has 2 aliphatic heterocycles. The Labute approximate surface area is 120 Å². The second kappa shape index (κ2) is 6.69. The van der Waals surface area contributed by atoms with Gasteiger partial charge in [0.1, 0.15) is 0 Å². The molecule has 0 aliphatic carbocycles. The van der Waals surface area contributed by atoms with Crippen LogP contribution in [0.25, 0.3) is 0 Å². The minimum atomic E-state index is 0.802. The summed E-state index contributed by atoms with van der Waals surface area (Å²) in [5, 5.41) is 0. The SMILES string of the molecule is c1ccc2c(c1)CCOC2.c1ccc2c(c1)CCOC2. The molecule has 104 valence electrons. The Morgan fingerprint density at radius 3 is 1.35 bits per heavy atom. The van der Waals surface area contributed by atoms with Crippen LogP contribution in [0, 0.1) is 0 Å². The molecule has 0 spiro atoms. The quantitative estimate of drug-likeness (QED) is 0.728. The van der Waals surface area contributed by atoms with Crippen LogP contribution in [0.4, 0.5) is 0 Å². The number of rotatable bonds is 0. The first kappa shape index (κ1) is 13.3. The molecule has 2 heteroatoms. The van der Waals surface area contributed by atoms with E-state index in [2.05, 4.69) is 48.5 Å². The Balaban J connectivity index is 0.000000121. The monoisotopic (exact) mass is 268 g/mol. The average Bonchev–Trinajstić information content (AvgIpc) is 2.56. The maximum absolute atomic E-state index is 5.30. The van der Waals surface area contributed by atoms with E-state index in [1.54, 1.807) is 0 Å². The molecule has 0 radical (unpaired) electrons. The lowest BCUT2D eigenvalue weighted by Crippen LogP contribution is -2.08. The Bertz CT molecular complexity index is 461. The zero-order valence-electron chi connectivity index (χ0n) is 11.7. The van der Waals surface area contributed by atoms with Crippen LogP contribution in [0.15, 0.2) is 48.5 Å². The molecule has 2 aromatic carbocycles. The van der Waals surface area contributed by atoms with Crippen molar-refractivity contribution < 1.29 is 9.47 Å². The van der Waals surface area contributed by atoms with E-state index in [0.29, 0.717) is 0 Å². The Morgan fingerprint density at radius 2 is 0.950 bits per heavy atom. The molecule has 0 N–H and O–H groups in total. The predicted octanol–water partition coefficient (Wildman–Crippen LogP) is 3.52. The lowest BCUT2D eigenvalue weighted by molar-refractivity contribution is 0.110. The smallest absolute Gasteiger partial charge is 0.0719 e. The summed E-state index contributed by atoms with van der Waals surface area (Å²) in [5.41, 5.74) is 5.62. The van der Waals surface area contributed by atoms with E-state index in [0.717, 1.165) is 39.3 Å². The van der Waals surface area contributed by atoms with Crippen molar-refractivity contribution in [1.29, 1.82) is 0 Å². The fourth-order valence-electron chi connectivity index (χ4n) is 2.61. The largest absolute Gasteiger partial charge is 0.376 e. The van der Waals surface area contributed by atoms with E-state index < -0.39 is 0 Å². The molecule has 2 heterocycles. The summed E-state index contributed by atoms with van der Waals surface area (Å²) in [5.74, 6) is 0. The average molecular weight is 268 g/mol. The van der Waals surface area contributed by atoms with Crippen molar-refractivity contribution in [3.63, 3.8) is 0 Å². The minimum absolute atomic E-state index is 0.802.